The second-order valence-electron chi connectivity index (χ2n) is 7.84. The van der Waals surface area contributed by atoms with Crippen LogP contribution in [-0.2, 0) is 16.0 Å². The predicted octanol–water partition coefficient (Wildman–Crippen LogP) is 2.22. The Hall–Kier alpha value is -1.74. The molecule has 2 amide bonds. The van der Waals surface area contributed by atoms with Crippen LogP contribution in [0.15, 0.2) is 12.1 Å². The first-order valence-corrected chi connectivity index (χ1v) is 10.1. The predicted molar refractivity (Wildman–Crippen MR) is 103 cm³/mol. The molecule has 3 N–H and O–H groups in total. The van der Waals surface area contributed by atoms with E-state index >= 15 is 0 Å². The lowest BCUT2D eigenvalue weighted by molar-refractivity contribution is -0.142. The number of benzene rings is 1. The third-order valence-electron chi connectivity index (χ3n) is 4.33. The highest BCUT2D eigenvalue weighted by Crippen LogP contribution is 2.26. The van der Waals surface area contributed by atoms with Gasteiger partial charge in [-0.05, 0) is 18.1 Å². The molecule has 0 saturated carbocycles. The zero-order valence-corrected chi connectivity index (χ0v) is 17.0. The number of nitrogens with one attached hydrogen (secondary N) is 1. The van der Waals surface area contributed by atoms with Crippen LogP contribution in [0.3, 0.4) is 0 Å². The Bertz CT molecular complexity index is 740. The van der Waals surface area contributed by atoms with Gasteiger partial charge in [0.25, 0.3) is 0 Å². The number of rotatable bonds is 6. The second-order valence-corrected chi connectivity index (χ2v) is 9.69. The van der Waals surface area contributed by atoms with Crippen molar-refractivity contribution in [2.75, 3.05) is 18.8 Å². The zero-order chi connectivity index (χ0) is 21.1. The van der Waals surface area contributed by atoms with Crippen molar-refractivity contribution in [3.63, 3.8) is 0 Å². The van der Waals surface area contributed by atoms with Crippen molar-refractivity contribution in [2.24, 2.45) is 5.73 Å². The minimum atomic E-state index is -1.27. The third kappa shape index (κ3) is 6.13. The number of nitrogens with two attached hydrogens (primary N) is 1. The number of amides is 2. The Labute approximate surface area is 167 Å². The van der Waals surface area contributed by atoms with Crippen LogP contribution >= 0.6 is 11.8 Å². The molecule has 2 rings (SSSR count). The van der Waals surface area contributed by atoms with Gasteiger partial charge in [-0.2, -0.15) is 11.8 Å². The van der Waals surface area contributed by atoms with Crippen LogP contribution in [0.25, 0.3) is 0 Å². The highest BCUT2D eigenvalue weighted by Gasteiger charge is 2.34. The lowest BCUT2D eigenvalue weighted by Crippen LogP contribution is -2.59. The molecule has 1 heterocycles. The minimum Gasteiger partial charge on any atom is -0.353 e. The van der Waals surface area contributed by atoms with E-state index in [1.165, 1.54) is 4.90 Å². The minimum absolute atomic E-state index is 0.0625. The molecule has 1 aliphatic rings. The fourth-order valence-electron chi connectivity index (χ4n) is 2.92. The number of carbonyl (C=O) groups excluding carboxylic acids is 2. The van der Waals surface area contributed by atoms with Crippen LogP contribution in [-0.4, -0.2) is 52.4 Å². The largest absolute Gasteiger partial charge is 0.353 e. The highest BCUT2D eigenvalue weighted by atomic mass is 32.2. The standard InChI is InChI=1S/C19H26F3N3O2S/c1-19(2,3)28-10-16-18(27)24-4-5-25(16)17(26)8-12(23)6-11-7-14(21)15(22)9-13(11)20/h7,9,12,16H,4-6,8,10,23H2,1-3H3,(H,24,27)/t12-,16+/m1/s1. The molecule has 2 atom stereocenters. The third-order valence-corrected chi connectivity index (χ3v) is 5.68. The second kappa shape index (κ2) is 9.17. The molecular weight excluding hydrogens is 391 g/mol. The Balaban J connectivity index is 2.02. The van der Waals surface area contributed by atoms with Gasteiger partial charge in [0, 0.05) is 42.1 Å². The summed E-state index contributed by atoms with van der Waals surface area (Å²) in [5, 5.41) is 2.76. The fourth-order valence-corrected chi connectivity index (χ4v) is 3.91. The molecule has 1 saturated heterocycles. The number of carbonyl (C=O) groups is 2. The van der Waals surface area contributed by atoms with E-state index in [4.69, 9.17) is 5.73 Å². The van der Waals surface area contributed by atoms with E-state index in [0.29, 0.717) is 24.9 Å². The van der Waals surface area contributed by atoms with Crippen LogP contribution in [0.2, 0.25) is 0 Å². The van der Waals surface area contributed by atoms with E-state index in [2.05, 4.69) is 5.32 Å². The van der Waals surface area contributed by atoms with Crippen LogP contribution in [0.4, 0.5) is 13.2 Å². The molecular formula is C19H26F3N3O2S. The van der Waals surface area contributed by atoms with Crippen molar-refractivity contribution < 1.29 is 22.8 Å². The van der Waals surface area contributed by atoms with Crippen molar-refractivity contribution in [1.29, 1.82) is 0 Å². The number of hydrogen-bond acceptors (Lipinski definition) is 4. The molecule has 1 aromatic rings. The molecule has 5 nitrogen and oxygen atoms in total. The van der Waals surface area contributed by atoms with Gasteiger partial charge >= 0.3 is 0 Å². The zero-order valence-electron chi connectivity index (χ0n) is 16.2. The average molecular weight is 417 g/mol. The van der Waals surface area contributed by atoms with E-state index in [-0.39, 0.29) is 35.0 Å². The van der Waals surface area contributed by atoms with Gasteiger partial charge in [0.05, 0.1) is 0 Å². The van der Waals surface area contributed by atoms with Gasteiger partial charge in [0.15, 0.2) is 11.6 Å². The van der Waals surface area contributed by atoms with Gasteiger partial charge in [-0.1, -0.05) is 20.8 Å². The molecule has 0 aliphatic carbocycles. The molecule has 0 aromatic heterocycles. The number of piperazine rings is 1. The van der Waals surface area contributed by atoms with Crippen molar-refractivity contribution in [3.8, 4) is 0 Å². The van der Waals surface area contributed by atoms with Crippen LogP contribution < -0.4 is 11.1 Å². The summed E-state index contributed by atoms with van der Waals surface area (Å²) in [6.07, 6.45) is -0.237. The lowest BCUT2D eigenvalue weighted by Gasteiger charge is -2.36. The van der Waals surface area contributed by atoms with E-state index < -0.39 is 29.5 Å². The normalized spacial score (nSPS) is 18.8. The number of hydrogen-bond donors (Lipinski definition) is 2. The van der Waals surface area contributed by atoms with E-state index in [0.717, 1.165) is 6.07 Å². The maximum Gasteiger partial charge on any atom is 0.243 e. The molecule has 28 heavy (non-hydrogen) atoms. The molecule has 1 aromatic carbocycles. The van der Waals surface area contributed by atoms with E-state index in [9.17, 15) is 22.8 Å². The van der Waals surface area contributed by atoms with Gasteiger partial charge in [0.1, 0.15) is 11.9 Å². The van der Waals surface area contributed by atoms with Crippen molar-refractivity contribution in [2.45, 2.75) is 50.4 Å². The van der Waals surface area contributed by atoms with Gasteiger partial charge in [-0.15, -0.1) is 0 Å². The maximum absolute atomic E-state index is 13.8. The molecule has 0 unspecified atom stereocenters. The van der Waals surface area contributed by atoms with Gasteiger partial charge in [0.2, 0.25) is 11.8 Å². The molecule has 0 bridgehead atoms. The van der Waals surface area contributed by atoms with Crippen molar-refractivity contribution >= 4 is 23.6 Å². The molecule has 0 radical (unpaired) electrons. The number of thioether (sulfide) groups is 1. The van der Waals surface area contributed by atoms with Crippen molar-refractivity contribution in [3.05, 3.63) is 35.1 Å². The average Bonchev–Trinajstić information content (AvgIpc) is 2.57. The van der Waals surface area contributed by atoms with Gasteiger partial charge in [-0.25, -0.2) is 13.2 Å². The first-order valence-electron chi connectivity index (χ1n) is 9.08. The molecule has 1 aliphatic heterocycles. The van der Waals surface area contributed by atoms with Crippen LogP contribution in [0, 0.1) is 17.5 Å². The Morgan fingerprint density at radius 1 is 1.29 bits per heavy atom. The first kappa shape index (κ1) is 22.5. The van der Waals surface area contributed by atoms with Crippen LogP contribution in [0.1, 0.15) is 32.8 Å². The van der Waals surface area contributed by atoms with Crippen LogP contribution in [0.5, 0.6) is 0 Å². The maximum atomic E-state index is 13.8. The lowest BCUT2D eigenvalue weighted by atomic mass is 10.0. The summed E-state index contributed by atoms with van der Waals surface area (Å²) in [6, 6.07) is -0.162. The number of halogens is 3. The summed E-state index contributed by atoms with van der Waals surface area (Å²) in [4.78, 5) is 26.5. The SMILES string of the molecule is CC(C)(C)SC[C@H]1C(=O)NCCN1C(=O)C[C@H](N)Cc1cc(F)c(F)cc1F. The monoisotopic (exact) mass is 417 g/mol. The smallest absolute Gasteiger partial charge is 0.243 e. The van der Waals surface area contributed by atoms with E-state index in [1.54, 1.807) is 11.8 Å². The first-order chi connectivity index (χ1) is 13.0. The summed E-state index contributed by atoms with van der Waals surface area (Å²) in [7, 11) is 0. The Kier molecular flexibility index (Phi) is 7.39. The van der Waals surface area contributed by atoms with Gasteiger partial charge in [-0.3, -0.25) is 9.59 Å². The summed E-state index contributed by atoms with van der Waals surface area (Å²) in [6.45, 7) is 6.80. The van der Waals surface area contributed by atoms with E-state index in [1.807, 2.05) is 20.8 Å². The van der Waals surface area contributed by atoms with Gasteiger partial charge < -0.3 is 16.0 Å². The Morgan fingerprint density at radius 3 is 2.57 bits per heavy atom. The Morgan fingerprint density at radius 2 is 1.93 bits per heavy atom. The summed E-state index contributed by atoms with van der Waals surface area (Å²) < 4.78 is 40.1. The number of nitrogens with zero attached hydrogens (tertiary/aromatic N) is 1. The molecule has 9 heteroatoms. The molecule has 1 fully saturated rings. The fraction of sp³-hybridized carbons (Fsp3) is 0.579. The summed E-state index contributed by atoms with van der Waals surface area (Å²) in [5.74, 6) is -3.42. The highest BCUT2D eigenvalue weighted by molar-refractivity contribution is 8.00. The molecule has 156 valence electrons. The summed E-state index contributed by atoms with van der Waals surface area (Å²) >= 11 is 1.58. The molecule has 0 spiro atoms. The quantitative estimate of drug-likeness (QED) is 0.696. The van der Waals surface area contributed by atoms with Crippen molar-refractivity contribution in [1.82, 2.24) is 10.2 Å². The summed E-state index contributed by atoms with van der Waals surface area (Å²) in [5.41, 5.74) is 5.87. The topological polar surface area (TPSA) is 75.4 Å².